The second kappa shape index (κ2) is 7.34. The minimum atomic E-state index is -0.132. The van der Waals surface area contributed by atoms with Crippen LogP contribution in [0.2, 0.25) is 0 Å². The van der Waals surface area contributed by atoms with Gasteiger partial charge < -0.3 is 15.2 Å². The third-order valence-electron chi connectivity index (χ3n) is 5.06. The molecule has 2 amide bonds. The van der Waals surface area contributed by atoms with Crippen LogP contribution in [0, 0.1) is 6.92 Å². The first kappa shape index (κ1) is 17.0. The summed E-state index contributed by atoms with van der Waals surface area (Å²) in [7, 11) is 0. The SMILES string of the molecule is CCC(CNC(=O)N1Cc2nc(C)[nH]c(=O)c2C1)N1CCCCC1. The van der Waals surface area contributed by atoms with Crippen LogP contribution in [0.15, 0.2) is 4.79 Å². The summed E-state index contributed by atoms with van der Waals surface area (Å²) in [5, 5.41) is 3.05. The maximum Gasteiger partial charge on any atom is 0.318 e. The van der Waals surface area contributed by atoms with Gasteiger partial charge in [-0.1, -0.05) is 13.3 Å². The summed E-state index contributed by atoms with van der Waals surface area (Å²) < 4.78 is 0. The monoisotopic (exact) mass is 333 g/mol. The standard InChI is InChI=1S/C17H27N5O2/c1-3-13(21-7-5-4-6-8-21)9-18-17(24)22-10-14-15(11-22)19-12(2)20-16(14)23/h13H,3-11H2,1-2H3,(H,18,24)(H,19,20,23). The molecule has 0 radical (unpaired) electrons. The van der Waals surface area contributed by atoms with Crippen LogP contribution < -0.4 is 10.9 Å². The van der Waals surface area contributed by atoms with Crippen molar-refractivity contribution in [1.82, 2.24) is 25.1 Å². The first-order chi connectivity index (χ1) is 11.6. The van der Waals surface area contributed by atoms with Crippen molar-refractivity contribution in [3.05, 3.63) is 27.4 Å². The highest BCUT2D eigenvalue weighted by atomic mass is 16.2. The van der Waals surface area contributed by atoms with E-state index in [1.165, 1.54) is 19.3 Å². The van der Waals surface area contributed by atoms with Crippen molar-refractivity contribution < 1.29 is 4.79 Å². The number of likely N-dealkylation sites (tertiary alicyclic amines) is 1. The molecule has 1 aromatic heterocycles. The fourth-order valence-corrected chi connectivity index (χ4v) is 3.67. The predicted molar refractivity (Wildman–Crippen MR) is 91.7 cm³/mol. The van der Waals surface area contributed by atoms with E-state index in [9.17, 15) is 9.59 Å². The molecule has 7 nitrogen and oxygen atoms in total. The molecule has 1 fully saturated rings. The molecule has 1 unspecified atom stereocenters. The van der Waals surface area contributed by atoms with Crippen molar-refractivity contribution in [2.75, 3.05) is 19.6 Å². The Kier molecular flexibility index (Phi) is 5.18. The summed E-state index contributed by atoms with van der Waals surface area (Å²) in [6, 6.07) is 0.281. The molecule has 1 saturated heterocycles. The molecule has 0 aromatic carbocycles. The van der Waals surface area contributed by atoms with Crippen molar-refractivity contribution in [2.24, 2.45) is 0 Å². The molecule has 132 valence electrons. The van der Waals surface area contributed by atoms with Gasteiger partial charge in [-0.3, -0.25) is 9.69 Å². The van der Waals surface area contributed by atoms with Crippen molar-refractivity contribution in [1.29, 1.82) is 0 Å². The van der Waals surface area contributed by atoms with Crippen LogP contribution in [0.4, 0.5) is 4.79 Å². The lowest BCUT2D eigenvalue weighted by atomic mass is 10.1. The number of carbonyl (C=O) groups excluding carboxylic acids is 1. The number of fused-ring (bicyclic) bond motifs is 1. The topological polar surface area (TPSA) is 81.3 Å². The van der Waals surface area contributed by atoms with E-state index in [1.54, 1.807) is 11.8 Å². The molecule has 0 spiro atoms. The van der Waals surface area contributed by atoms with E-state index in [2.05, 4.69) is 27.1 Å². The fourth-order valence-electron chi connectivity index (χ4n) is 3.67. The van der Waals surface area contributed by atoms with Gasteiger partial charge in [-0.05, 0) is 39.3 Å². The molecule has 2 aliphatic rings. The largest absolute Gasteiger partial charge is 0.336 e. The number of H-pyrrole nitrogens is 1. The number of nitrogens with zero attached hydrogens (tertiary/aromatic N) is 3. The summed E-state index contributed by atoms with van der Waals surface area (Å²) in [4.78, 5) is 35.6. The Labute approximate surface area is 142 Å². The third-order valence-corrected chi connectivity index (χ3v) is 5.06. The van der Waals surface area contributed by atoms with E-state index >= 15 is 0 Å². The molecule has 7 heteroatoms. The highest BCUT2D eigenvalue weighted by molar-refractivity contribution is 5.74. The normalized spacial score (nSPS) is 19.2. The van der Waals surface area contributed by atoms with Gasteiger partial charge in [0.2, 0.25) is 0 Å². The van der Waals surface area contributed by atoms with Gasteiger partial charge in [0, 0.05) is 12.6 Å². The van der Waals surface area contributed by atoms with E-state index < -0.39 is 0 Å². The van der Waals surface area contributed by atoms with Gasteiger partial charge in [0.1, 0.15) is 5.82 Å². The zero-order valence-corrected chi connectivity index (χ0v) is 14.6. The molecule has 1 atom stereocenters. The number of aryl methyl sites for hydroxylation is 1. The van der Waals surface area contributed by atoms with Crippen LogP contribution in [0.25, 0.3) is 0 Å². The minimum absolute atomic E-state index is 0.111. The van der Waals surface area contributed by atoms with Crippen LogP contribution >= 0.6 is 0 Å². The number of amides is 2. The van der Waals surface area contributed by atoms with Crippen molar-refractivity contribution in [2.45, 2.75) is 58.7 Å². The Balaban J connectivity index is 1.56. The predicted octanol–water partition coefficient (Wildman–Crippen LogP) is 1.37. The summed E-state index contributed by atoms with van der Waals surface area (Å²) >= 11 is 0. The quantitative estimate of drug-likeness (QED) is 0.872. The van der Waals surface area contributed by atoms with Gasteiger partial charge in [0.15, 0.2) is 0 Å². The zero-order chi connectivity index (χ0) is 17.1. The Hall–Kier alpha value is -1.89. The van der Waals surface area contributed by atoms with Crippen LogP contribution in [0.3, 0.4) is 0 Å². The number of nitrogens with one attached hydrogen (secondary N) is 2. The molecule has 3 rings (SSSR count). The van der Waals surface area contributed by atoms with Crippen LogP contribution in [0.5, 0.6) is 0 Å². The summed E-state index contributed by atoms with van der Waals surface area (Å²) in [5.41, 5.74) is 1.20. The number of piperidine rings is 1. The summed E-state index contributed by atoms with van der Waals surface area (Å²) in [6.45, 7) is 7.59. The number of hydrogen-bond acceptors (Lipinski definition) is 4. The lowest BCUT2D eigenvalue weighted by Crippen LogP contribution is -2.48. The lowest BCUT2D eigenvalue weighted by Gasteiger charge is -2.34. The molecular weight excluding hydrogens is 306 g/mol. The number of aromatic amines is 1. The van der Waals surface area contributed by atoms with Crippen molar-refractivity contribution >= 4 is 6.03 Å². The average Bonchev–Trinajstić information content (AvgIpc) is 3.00. The molecule has 3 heterocycles. The van der Waals surface area contributed by atoms with E-state index in [1.807, 2.05) is 0 Å². The lowest BCUT2D eigenvalue weighted by molar-refractivity contribution is 0.150. The summed E-state index contributed by atoms with van der Waals surface area (Å²) in [5.74, 6) is 0.595. The van der Waals surface area contributed by atoms with Gasteiger partial charge in [-0.25, -0.2) is 9.78 Å². The van der Waals surface area contributed by atoms with E-state index in [0.29, 0.717) is 37.1 Å². The molecule has 1 aromatic rings. The number of carbonyl (C=O) groups is 1. The van der Waals surface area contributed by atoms with Gasteiger partial charge in [0.05, 0.1) is 24.3 Å². The van der Waals surface area contributed by atoms with Gasteiger partial charge in [-0.15, -0.1) is 0 Å². The first-order valence-electron chi connectivity index (χ1n) is 8.94. The maximum absolute atomic E-state index is 12.5. The minimum Gasteiger partial charge on any atom is -0.336 e. The van der Waals surface area contributed by atoms with Crippen molar-refractivity contribution in [3.8, 4) is 0 Å². The zero-order valence-electron chi connectivity index (χ0n) is 14.6. The molecule has 2 N–H and O–H groups in total. The number of aromatic nitrogens is 2. The van der Waals surface area contributed by atoms with Crippen molar-refractivity contribution in [3.63, 3.8) is 0 Å². The van der Waals surface area contributed by atoms with Crippen LogP contribution in [-0.4, -0.2) is 51.5 Å². The molecule has 2 aliphatic heterocycles. The first-order valence-corrected chi connectivity index (χ1v) is 8.94. The van der Waals surface area contributed by atoms with E-state index in [-0.39, 0.29) is 11.6 Å². The van der Waals surface area contributed by atoms with Gasteiger partial charge in [-0.2, -0.15) is 0 Å². The fraction of sp³-hybridized carbons (Fsp3) is 0.706. The Morgan fingerprint density at radius 3 is 2.75 bits per heavy atom. The van der Waals surface area contributed by atoms with E-state index in [4.69, 9.17) is 0 Å². The number of rotatable bonds is 4. The maximum atomic E-state index is 12.5. The highest BCUT2D eigenvalue weighted by Gasteiger charge is 2.28. The van der Waals surface area contributed by atoms with Gasteiger partial charge >= 0.3 is 6.03 Å². The average molecular weight is 333 g/mol. The smallest absolute Gasteiger partial charge is 0.318 e. The molecule has 0 saturated carbocycles. The number of hydrogen-bond donors (Lipinski definition) is 2. The Morgan fingerprint density at radius 2 is 2.04 bits per heavy atom. The second-order valence-corrected chi connectivity index (χ2v) is 6.78. The summed E-state index contributed by atoms with van der Waals surface area (Å²) in [6.07, 6.45) is 4.84. The highest BCUT2D eigenvalue weighted by Crippen LogP contribution is 2.18. The number of urea groups is 1. The van der Waals surface area contributed by atoms with E-state index in [0.717, 1.165) is 25.2 Å². The molecule has 0 aliphatic carbocycles. The van der Waals surface area contributed by atoms with Crippen LogP contribution in [0.1, 0.15) is 49.7 Å². The molecule has 24 heavy (non-hydrogen) atoms. The molecule has 0 bridgehead atoms. The molecular formula is C17H27N5O2. The van der Waals surface area contributed by atoms with Gasteiger partial charge in [0.25, 0.3) is 5.56 Å². The third kappa shape index (κ3) is 3.61. The van der Waals surface area contributed by atoms with Crippen LogP contribution in [-0.2, 0) is 13.1 Å². The second-order valence-electron chi connectivity index (χ2n) is 6.78. The Morgan fingerprint density at radius 1 is 1.29 bits per heavy atom. The Bertz CT molecular complexity index is 651.